The lowest BCUT2D eigenvalue weighted by molar-refractivity contribution is 0.697. The van der Waals surface area contributed by atoms with Gasteiger partial charge in [-0.05, 0) is 6.07 Å². The summed E-state index contributed by atoms with van der Waals surface area (Å²) in [7, 11) is 2.06. The third-order valence-corrected chi connectivity index (χ3v) is 3.37. The second-order valence-corrected chi connectivity index (χ2v) is 4.81. The first-order chi connectivity index (χ1) is 9.25. The molecular weight excluding hydrogens is 234 g/mol. The lowest BCUT2D eigenvalue weighted by Crippen LogP contribution is -2.32. The van der Waals surface area contributed by atoms with Crippen molar-refractivity contribution in [1.29, 1.82) is 0 Å². The summed E-state index contributed by atoms with van der Waals surface area (Å²) in [6.07, 6.45) is -0.201. The zero-order valence-corrected chi connectivity index (χ0v) is 11.0. The fraction of sp³-hybridized carbons (Fsp3) is 0.188. The van der Waals surface area contributed by atoms with E-state index in [0.29, 0.717) is 0 Å². The maximum Gasteiger partial charge on any atom is 0.115 e. The SMILES string of the molecule is CN1CC(N)N=C(c2ccccc2)c2ccccc21. The minimum atomic E-state index is -0.201. The van der Waals surface area contributed by atoms with Gasteiger partial charge in [0.2, 0.25) is 0 Å². The van der Waals surface area contributed by atoms with Crippen molar-refractivity contribution < 1.29 is 0 Å². The molecule has 0 aliphatic carbocycles. The zero-order chi connectivity index (χ0) is 13.2. The van der Waals surface area contributed by atoms with Crippen LogP contribution in [0.2, 0.25) is 0 Å². The van der Waals surface area contributed by atoms with Crippen molar-refractivity contribution in [2.75, 3.05) is 18.5 Å². The molecule has 0 radical (unpaired) electrons. The number of nitrogens with two attached hydrogens (primary N) is 1. The Bertz CT molecular complexity index is 604. The molecule has 0 amide bonds. The van der Waals surface area contributed by atoms with Crippen LogP contribution in [-0.4, -0.2) is 25.5 Å². The van der Waals surface area contributed by atoms with E-state index in [1.165, 1.54) is 5.69 Å². The second-order valence-electron chi connectivity index (χ2n) is 4.81. The first-order valence-electron chi connectivity index (χ1n) is 6.45. The number of benzene rings is 2. The van der Waals surface area contributed by atoms with Crippen LogP contribution in [0.3, 0.4) is 0 Å². The van der Waals surface area contributed by atoms with Crippen molar-refractivity contribution in [3.63, 3.8) is 0 Å². The largest absolute Gasteiger partial charge is 0.371 e. The van der Waals surface area contributed by atoms with Gasteiger partial charge in [0.1, 0.15) is 6.17 Å². The highest BCUT2D eigenvalue weighted by Gasteiger charge is 2.20. The molecule has 0 saturated heterocycles. The molecule has 1 heterocycles. The highest BCUT2D eigenvalue weighted by atomic mass is 15.2. The van der Waals surface area contributed by atoms with Gasteiger partial charge in [0.25, 0.3) is 0 Å². The van der Waals surface area contributed by atoms with Crippen molar-refractivity contribution in [2.24, 2.45) is 10.7 Å². The number of hydrogen-bond acceptors (Lipinski definition) is 3. The quantitative estimate of drug-likeness (QED) is 0.844. The molecule has 3 rings (SSSR count). The van der Waals surface area contributed by atoms with Crippen molar-refractivity contribution in [2.45, 2.75) is 6.17 Å². The lowest BCUT2D eigenvalue weighted by Gasteiger charge is -2.20. The molecule has 0 saturated carbocycles. The van der Waals surface area contributed by atoms with E-state index in [4.69, 9.17) is 10.7 Å². The van der Waals surface area contributed by atoms with E-state index >= 15 is 0 Å². The predicted octanol–water partition coefficient (Wildman–Crippen LogP) is 2.26. The summed E-state index contributed by atoms with van der Waals surface area (Å²) < 4.78 is 0. The van der Waals surface area contributed by atoms with Gasteiger partial charge in [-0.3, -0.25) is 4.99 Å². The average molecular weight is 251 g/mol. The monoisotopic (exact) mass is 251 g/mol. The molecule has 19 heavy (non-hydrogen) atoms. The molecule has 3 heteroatoms. The molecule has 2 aromatic rings. The molecule has 3 nitrogen and oxygen atoms in total. The number of fused-ring (bicyclic) bond motifs is 1. The fourth-order valence-electron chi connectivity index (χ4n) is 2.49. The Balaban J connectivity index is 2.19. The molecule has 2 N–H and O–H groups in total. The number of likely N-dealkylation sites (N-methyl/N-ethyl adjacent to an activating group) is 1. The van der Waals surface area contributed by atoms with Crippen LogP contribution < -0.4 is 10.6 Å². The van der Waals surface area contributed by atoms with Gasteiger partial charge in [-0.25, -0.2) is 0 Å². The van der Waals surface area contributed by atoms with E-state index in [2.05, 4.69) is 42.3 Å². The van der Waals surface area contributed by atoms with Gasteiger partial charge in [0.05, 0.1) is 12.3 Å². The van der Waals surface area contributed by atoms with Gasteiger partial charge in [-0.2, -0.15) is 0 Å². The number of aliphatic imine (C=N–C) groups is 1. The number of anilines is 1. The summed E-state index contributed by atoms with van der Waals surface area (Å²) in [5, 5.41) is 0. The van der Waals surface area contributed by atoms with E-state index in [0.717, 1.165) is 23.4 Å². The zero-order valence-electron chi connectivity index (χ0n) is 11.0. The molecule has 1 aliphatic heterocycles. The van der Waals surface area contributed by atoms with Crippen LogP contribution in [0.5, 0.6) is 0 Å². The number of benzodiazepines with no additional fused rings is 1. The molecule has 1 aliphatic rings. The minimum absolute atomic E-state index is 0.201. The Hall–Kier alpha value is -2.13. The molecule has 1 atom stereocenters. The van der Waals surface area contributed by atoms with Crippen LogP contribution >= 0.6 is 0 Å². The highest BCUT2D eigenvalue weighted by Crippen LogP contribution is 2.25. The van der Waals surface area contributed by atoms with Gasteiger partial charge in [-0.1, -0.05) is 48.5 Å². The Morgan fingerprint density at radius 3 is 2.53 bits per heavy atom. The maximum atomic E-state index is 6.10. The van der Waals surface area contributed by atoms with E-state index < -0.39 is 0 Å². The van der Waals surface area contributed by atoms with E-state index in [1.54, 1.807) is 0 Å². The van der Waals surface area contributed by atoms with Crippen molar-refractivity contribution in [1.82, 2.24) is 0 Å². The highest BCUT2D eigenvalue weighted by molar-refractivity contribution is 6.16. The Morgan fingerprint density at radius 2 is 1.74 bits per heavy atom. The molecule has 2 aromatic carbocycles. The Labute approximate surface area is 113 Å². The Morgan fingerprint density at radius 1 is 1.05 bits per heavy atom. The average Bonchev–Trinajstić information content (AvgIpc) is 2.57. The number of para-hydroxylation sites is 1. The molecular formula is C16H17N3. The van der Waals surface area contributed by atoms with Crippen LogP contribution in [0.15, 0.2) is 59.6 Å². The fourth-order valence-corrected chi connectivity index (χ4v) is 2.49. The van der Waals surface area contributed by atoms with Gasteiger partial charge in [-0.15, -0.1) is 0 Å². The third kappa shape index (κ3) is 2.25. The van der Waals surface area contributed by atoms with E-state index in [9.17, 15) is 0 Å². The number of hydrogen-bond donors (Lipinski definition) is 1. The third-order valence-electron chi connectivity index (χ3n) is 3.37. The standard InChI is InChI=1S/C16H17N3/c1-19-11-15(17)18-16(12-7-3-2-4-8-12)13-9-5-6-10-14(13)19/h2-10,15H,11,17H2,1H3. The molecule has 1 unspecified atom stereocenters. The summed E-state index contributed by atoms with van der Waals surface area (Å²) >= 11 is 0. The first kappa shape index (κ1) is 11.9. The maximum absolute atomic E-state index is 6.10. The lowest BCUT2D eigenvalue weighted by atomic mass is 10.0. The molecule has 96 valence electrons. The van der Waals surface area contributed by atoms with Gasteiger partial charge >= 0.3 is 0 Å². The van der Waals surface area contributed by atoms with Crippen LogP contribution in [0.4, 0.5) is 5.69 Å². The van der Waals surface area contributed by atoms with E-state index in [-0.39, 0.29) is 6.17 Å². The van der Waals surface area contributed by atoms with Gasteiger partial charge in [0, 0.05) is 23.9 Å². The van der Waals surface area contributed by atoms with Crippen molar-refractivity contribution >= 4 is 11.4 Å². The summed E-state index contributed by atoms with van der Waals surface area (Å²) in [6, 6.07) is 18.5. The predicted molar refractivity (Wildman–Crippen MR) is 79.8 cm³/mol. The smallest absolute Gasteiger partial charge is 0.115 e. The van der Waals surface area contributed by atoms with Gasteiger partial charge in [0.15, 0.2) is 0 Å². The Kier molecular flexibility index (Phi) is 3.05. The summed E-state index contributed by atoms with van der Waals surface area (Å²) in [5.41, 5.74) is 10.5. The first-order valence-corrected chi connectivity index (χ1v) is 6.45. The number of rotatable bonds is 1. The van der Waals surface area contributed by atoms with Crippen molar-refractivity contribution in [3.8, 4) is 0 Å². The minimum Gasteiger partial charge on any atom is -0.371 e. The summed E-state index contributed by atoms with van der Waals surface area (Å²) in [6.45, 7) is 0.730. The molecule has 0 fully saturated rings. The second kappa shape index (κ2) is 4.86. The van der Waals surface area contributed by atoms with Crippen molar-refractivity contribution in [3.05, 3.63) is 65.7 Å². The van der Waals surface area contributed by atoms with Crippen LogP contribution in [0, 0.1) is 0 Å². The van der Waals surface area contributed by atoms with Gasteiger partial charge < -0.3 is 10.6 Å². The molecule has 0 aromatic heterocycles. The molecule has 0 bridgehead atoms. The molecule has 0 spiro atoms. The van der Waals surface area contributed by atoms with Crippen LogP contribution in [-0.2, 0) is 0 Å². The van der Waals surface area contributed by atoms with E-state index in [1.807, 2.05) is 24.3 Å². The normalized spacial score (nSPS) is 18.5. The number of nitrogens with zero attached hydrogens (tertiary/aromatic N) is 2. The van der Waals surface area contributed by atoms with Crippen LogP contribution in [0.25, 0.3) is 0 Å². The topological polar surface area (TPSA) is 41.6 Å². The van der Waals surface area contributed by atoms with Crippen LogP contribution in [0.1, 0.15) is 11.1 Å². The summed E-state index contributed by atoms with van der Waals surface area (Å²) in [4.78, 5) is 6.86. The summed E-state index contributed by atoms with van der Waals surface area (Å²) in [5.74, 6) is 0.